The zero-order valence-electron chi connectivity index (χ0n) is 13.5. The van der Waals surface area contributed by atoms with E-state index in [9.17, 15) is 18.0 Å². The summed E-state index contributed by atoms with van der Waals surface area (Å²) < 4.78 is 27.4. The Bertz CT molecular complexity index is 817. The number of anilines is 1. The van der Waals surface area contributed by atoms with Crippen molar-refractivity contribution < 1.29 is 18.0 Å². The molecule has 0 spiro atoms. The normalized spacial score (nSPS) is 12.7. The van der Waals surface area contributed by atoms with E-state index in [1.807, 2.05) is 0 Å². The van der Waals surface area contributed by atoms with E-state index in [0.29, 0.717) is 11.3 Å². The number of para-hydroxylation sites is 1. The molecule has 0 aliphatic heterocycles. The van der Waals surface area contributed by atoms with E-state index in [0.717, 1.165) is 0 Å². The highest BCUT2D eigenvalue weighted by Gasteiger charge is 2.30. The van der Waals surface area contributed by atoms with Crippen molar-refractivity contribution in [3.8, 4) is 0 Å². The summed E-state index contributed by atoms with van der Waals surface area (Å²) in [4.78, 5) is 20.0. The number of hydrogen-bond donors (Lipinski definition) is 3. The highest BCUT2D eigenvalue weighted by atomic mass is 32.2. The predicted octanol–water partition coefficient (Wildman–Crippen LogP) is 2.88. The average molecular weight is 364 g/mol. The maximum absolute atomic E-state index is 12.4. The molecule has 24 heavy (non-hydrogen) atoms. The van der Waals surface area contributed by atoms with Crippen molar-refractivity contribution in [2.45, 2.75) is 24.3 Å². The average Bonchev–Trinajstić information content (AvgIpc) is 2.54. The second-order valence-corrected chi connectivity index (χ2v) is 10.6. The van der Waals surface area contributed by atoms with Crippen LogP contribution in [-0.2, 0) is 10.0 Å². The molecular formula is C17H21NO4SSi. The lowest BCUT2D eigenvalue weighted by Crippen LogP contribution is -2.35. The lowest BCUT2D eigenvalue weighted by molar-refractivity contribution is 0.364. The van der Waals surface area contributed by atoms with E-state index in [1.54, 1.807) is 62.4 Å². The Labute approximate surface area is 143 Å². The van der Waals surface area contributed by atoms with Gasteiger partial charge in [-0.2, -0.15) is 0 Å². The van der Waals surface area contributed by atoms with E-state index in [-0.39, 0.29) is 10.4 Å². The first-order valence-corrected chi connectivity index (χ1v) is 11.1. The summed E-state index contributed by atoms with van der Waals surface area (Å²) >= 11 is 0. The maximum Gasteiger partial charge on any atom is 0.362 e. The van der Waals surface area contributed by atoms with Gasteiger partial charge in [0.1, 0.15) is 0 Å². The van der Waals surface area contributed by atoms with Crippen molar-refractivity contribution in [3.63, 3.8) is 0 Å². The van der Waals surface area contributed by atoms with Gasteiger partial charge in [0.25, 0.3) is 10.0 Å². The second-order valence-electron chi connectivity index (χ2n) is 5.82. The lowest BCUT2D eigenvalue weighted by atomic mass is 10.2. The number of sulfonamides is 1. The third-order valence-corrected chi connectivity index (χ3v) is 7.30. The summed E-state index contributed by atoms with van der Waals surface area (Å²) in [5.41, 5.74) is 2.20. The zero-order chi connectivity index (χ0) is 17.8. The molecule has 0 saturated heterocycles. The van der Waals surface area contributed by atoms with Crippen LogP contribution in [-0.4, -0.2) is 26.6 Å². The summed E-state index contributed by atoms with van der Waals surface area (Å²) in [6, 6.07) is 14.9. The first-order valence-electron chi connectivity index (χ1n) is 7.52. The standard InChI is InChI=1S/C17H21NO4SSi/c1-14(2)24(21,22)12-11-15-7-6-10-17(13-15)23(19,20)18-16-8-4-3-5-9-16/h3-14,18,21-22H,1-2H3. The smallest absolute Gasteiger partial charge is 0.362 e. The molecule has 0 heterocycles. The lowest BCUT2D eigenvalue weighted by Gasteiger charge is -2.17. The third kappa shape index (κ3) is 4.78. The fourth-order valence-electron chi connectivity index (χ4n) is 1.92. The van der Waals surface area contributed by atoms with Crippen LogP contribution in [0.3, 0.4) is 0 Å². The van der Waals surface area contributed by atoms with Crippen molar-refractivity contribution in [3.05, 3.63) is 65.9 Å². The van der Waals surface area contributed by atoms with E-state index in [1.165, 1.54) is 17.8 Å². The van der Waals surface area contributed by atoms with Crippen molar-refractivity contribution in [1.82, 2.24) is 0 Å². The Morgan fingerprint density at radius 3 is 2.33 bits per heavy atom. The van der Waals surface area contributed by atoms with E-state index in [2.05, 4.69) is 4.72 Å². The molecule has 2 aromatic carbocycles. The Kier molecular flexibility index (Phi) is 5.61. The van der Waals surface area contributed by atoms with Gasteiger partial charge in [-0.25, -0.2) is 8.42 Å². The van der Waals surface area contributed by atoms with Gasteiger partial charge in [0.2, 0.25) is 0 Å². The van der Waals surface area contributed by atoms with Gasteiger partial charge in [0.15, 0.2) is 0 Å². The fraction of sp³-hybridized carbons (Fsp3) is 0.176. The molecule has 0 atom stereocenters. The molecule has 0 amide bonds. The van der Waals surface area contributed by atoms with Gasteiger partial charge in [-0.1, -0.05) is 50.3 Å². The van der Waals surface area contributed by atoms with Crippen molar-refractivity contribution >= 4 is 30.3 Å². The third-order valence-electron chi connectivity index (χ3n) is 3.57. The molecule has 2 rings (SSSR count). The molecule has 0 radical (unpaired) electrons. The van der Waals surface area contributed by atoms with Gasteiger partial charge < -0.3 is 9.59 Å². The topological polar surface area (TPSA) is 86.6 Å². The van der Waals surface area contributed by atoms with Crippen LogP contribution < -0.4 is 4.72 Å². The van der Waals surface area contributed by atoms with Gasteiger partial charge in [0.05, 0.1) is 4.90 Å². The molecule has 7 heteroatoms. The quantitative estimate of drug-likeness (QED) is 0.689. The van der Waals surface area contributed by atoms with E-state index in [4.69, 9.17) is 0 Å². The summed E-state index contributed by atoms with van der Waals surface area (Å²) in [7, 11) is -7.14. The van der Waals surface area contributed by atoms with Crippen LogP contribution in [0, 0.1) is 0 Å². The minimum absolute atomic E-state index is 0.112. The SMILES string of the molecule is CC(C)[Si](O)(O)C=Cc1cccc(S(=O)(=O)Nc2ccccc2)c1. The minimum Gasteiger partial charge on any atom is -0.408 e. The highest BCUT2D eigenvalue weighted by molar-refractivity contribution is 7.92. The Morgan fingerprint density at radius 2 is 1.71 bits per heavy atom. The molecule has 3 N–H and O–H groups in total. The van der Waals surface area contributed by atoms with Gasteiger partial charge in [0, 0.05) is 11.2 Å². The monoisotopic (exact) mass is 363 g/mol. The van der Waals surface area contributed by atoms with Crippen LogP contribution in [0.1, 0.15) is 19.4 Å². The number of benzene rings is 2. The molecular weight excluding hydrogens is 342 g/mol. The molecule has 2 aromatic rings. The van der Waals surface area contributed by atoms with Gasteiger partial charge in [-0.15, -0.1) is 0 Å². The van der Waals surface area contributed by atoms with Crippen LogP contribution in [0.5, 0.6) is 0 Å². The molecule has 0 aliphatic carbocycles. The molecule has 5 nitrogen and oxygen atoms in total. The molecule has 0 saturated carbocycles. The number of nitrogens with one attached hydrogen (secondary N) is 1. The first kappa shape index (κ1) is 18.4. The Morgan fingerprint density at radius 1 is 1.04 bits per heavy atom. The number of rotatable bonds is 6. The van der Waals surface area contributed by atoms with Crippen LogP contribution in [0.2, 0.25) is 5.54 Å². The molecule has 0 aromatic heterocycles. The molecule has 0 bridgehead atoms. The van der Waals surface area contributed by atoms with Gasteiger partial charge >= 0.3 is 8.56 Å². The van der Waals surface area contributed by atoms with Crippen molar-refractivity contribution in [2.24, 2.45) is 0 Å². The second kappa shape index (κ2) is 7.31. The Hall–Kier alpha value is -1.93. The summed E-state index contributed by atoms with van der Waals surface area (Å²) in [6.45, 7) is 3.47. The first-order chi connectivity index (χ1) is 11.2. The van der Waals surface area contributed by atoms with Crippen LogP contribution >= 0.6 is 0 Å². The van der Waals surface area contributed by atoms with Crippen LogP contribution in [0.25, 0.3) is 6.08 Å². The Balaban J connectivity index is 2.25. The maximum atomic E-state index is 12.4. The van der Waals surface area contributed by atoms with Gasteiger partial charge in [-0.05, 0) is 35.5 Å². The summed E-state index contributed by atoms with van der Waals surface area (Å²) in [5, 5.41) is 0. The number of hydrogen-bond acceptors (Lipinski definition) is 4. The van der Waals surface area contributed by atoms with Crippen LogP contribution in [0.4, 0.5) is 5.69 Å². The van der Waals surface area contributed by atoms with E-state index < -0.39 is 18.6 Å². The minimum atomic E-state index is -3.70. The molecule has 0 fully saturated rings. The molecule has 128 valence electrons. The predicted molar refractivity (Wildman–Crippen MR) is 98.0 cm³/mol. The van der Waals surface area contributed by atoms with Crippen molar-refractivity contribution in [1.29, 1.82) is 0 Å². The zero-order valence-corrected chi connectivity index (χ0v) is 15.4. The largest absolute Gasteiger partial charge is 0.408 e. The highest BCUT2D eigenvalue weighted by Crippen LogP contribution is 2.20. The fourth-order valence-corrected chi connectivity index (χ4v) is 3.85. The van der Waals surface area contributed by atoms with Crippen molar-refractivity contribution in [2.75, 3.05) is 4.72 Å². The summed E-state index contributed by atoms with van der Waals surface area (Å²) in [6.07, 6.45) is 1.55. The molecule has 0 unspecified atom stereocenters. The molecule has 0 aliphatic rings. The summed E-state index contributed by atoms with van der Waals surface area (Å²) in [5.74, 6) is 0. The van der Waals surface area contributed by atoms with Gasteiger partial charge in [-0.3, -0.25) is 4.72 Å². The van der Waals surface area contributed by atoms with Crippen LogP contribution in [0.15, 0.2) is 65.2 Å². The van der Waals surface area contributed by atoms with E-state index >= 15 is 0 Å².